The van der Waals surface area contributed by atoms with Crippen molar-refractivity contribution in [2.45, 2.75) is 51.4 Å². The summed E-state index contributed by atoms with van der Waals surface area (Å²) in [7, 11) is 0. The molecule has 0 unspecified atom stereocenters. The highest BCUT2D eigenvalue weighted by Gasteiger charge is 2.16. The molecule has 0 bridgehead atoms. The molecule has 0 saturated heterocycles. The zero-order valence-corrected chi connectivity index (χ0v) is 16.0. The van der Waals surface area contributed by atoms with Gasteiger partial charge < -0.3 is 9.88 Å². The van der Waals surface area contributed by atoms with E-state index in [1.54, 1.807) is 12.4 Å². The van der Waals surface area contributed by atoms with Gasteiger partial charge in [0.1, 0.15) is 0 Å². The number of pyridine rings is 1. The van der Waals surface area contributed by atoms with Crippen LogP contribution < -0.4 is 10.6 Å². The van der Waals surface area contributed by atoms with Crippen molar-refractivity contribution in [2.75, 3.05) is 5.75 Å². The molecule has 26 heavy (non-hydrogen) atoms. The van der Waals surface area contributed by atoms with E-state index in [2.05, 4.69) is 32.7 Å². The minimum atomic E-state index is -0.475. The first kappa shape index (κ1) is 19.9. The Morgan fingerprint density at radius 2 is 1.96 bits per heavy atom. The first-order valence-corrected chi connectivity index (χ1v) is 9.60. The molecule has 0 aliphatic heterocycles. The molecule has 1 atom stereocenters. The number of carbonyl (C=O) groups excluding carboxylic acids is 2. The van der Waals surface area contributed by atoms with Crippen molar-refractivity contribution in [3.05, 3.63) is 24.5 Å². The molecule has 2 aromatic heterocycles. The molecule has 0 radical (unpaired) electrons. The van der Waals surface area contributed by atoms with Crippen LogP contribution in [0, 0.1) is 0 Å². The van der Waals surface area contributed by atoms with Crippen LogP contribution in [0.25, 0.3) is 11.4 Å². The van der Waals surface area contributed by atoms with Crippen molar-refractivity contribution in [3.63, 3.8) is 0 Å². The zero-order valence-electron chi connectivity index (χ0n) is 15.2. The molecule has 2 aromatic rings. The fourth-order valence-electron chi connectivity index (χ4n) is 2.19. The molecule has 0 aliphatic carbocycles. The van der Waals surface area contributed by atoms with Gasteiger partial charge in [0, 0.05) is 30.5 Å². The molecule has 8 nitrogen and oxygen atoms in total. The van der Waals surface area contributed by atoms with E-state index in [1.807, 2.05) is 30.5 Å². The van der Waals surface area contributed by atoms with Gasteiger partial charge in [-0.3, -0.25) is 15.1 Å². The lowest BCUT2D eigenvalue weighted by molar-refractivity contribution is -0.117. The Morgan fingerprint density at radius 3 is 2.62 bits per heavy atom. The van der Waals surface area contributed by atoms with Crippen molar-refractivity contribution >= 4 is 23.7 Å². The third-order valence-electron chi connectivity index (χ3n) is 3.68. The van der Waals surface area contributed by atoms with Crippen molar-refractivity contribution in [3.8, 4) is 11.4 Å². The molecule has 2 N–H and O–H groups in total. The lowest BCUT2D eigenvalue weighted by Crippen LogP contribution is -2.43. The van der Waals surface area contributed by atoms with Gasteiger partial charge >= 0.3 is 6.03 Å². The molecular formula is C17H24N6O2S. The van der Waals surface area contributed by atoms with Gasteiger partial charge in [-0.1, -0.05) is 25.6 Å². The first-order valence-electron chi connectivity index (χ1n) is 8.61. The van der Waals surface area contributed by atoms with Gasteiger partial charge in [0.05, 0.1) is 5.75 Å². The summed E-state index contributed by atoms with van der Waals surface area (Å²) in [4.78, 5) is 27.7. The fraction of sp³-hybridized carbons (Fsp3) is 0.471. The van der Waals surface area contributed by atoms with Crippen LogP contribution in [0.5, 0.6) is 0 Å². The predicted octanol–water partition coefficient (Wildman–Crippen LogP) is 2.47. The molecule has 0 saturated carbocycles. The average molecular weight is 376 g/mol. The number of carbonyl (C=O) groups is 2. The van der Waals surface area contributed by atoms with E-state index in [0.29, 0.717) is 5.16 Å². The Kier molecular flexibility index (Phi) is 7.58. The number of urea groups is 1. The van der Waals surface area contributed by atoms with E-state index in [-0.39, 0.29) is 17.7 Å². The van der Waals surface area contributed by atoms with E-state index in [0.717, 1.165) is 30.8 Å². The third kappa shape index (κ3) is 5.55. The smallest absolute Gasteiger partial charge is 0.321 e. The molecule has 0 aromatic carbocycles. The minimum absolute atomic E-state index is 0.0195. The fourth-order valence-corrected chi connectivity index (χ4v) is 2.95. The van der Waals surface area contributed by atoms with Gasteiger partial charge in [-0.05, 0) is 31.9 Å². The van der Waals surface area contributed by atoms with Crippen LogP contribution in [-0.4, -0.2) is 43.5 Å². The highest BCUT2D eigenvalue weighted by atomic mass is 32.2. The largest absolute Gasteiger partial charge is 0.335 e. The van der Waals surface area contributed by atoms with Gasteiger partial charge in [-0.25, -0.2) is 4.79 Å². The van der Waals surface area contributed by atoms with Gasteiger partial charge in [0.25, 0.3) is 0 Å². The van der Waals surface area contributed by atoms with Crippen LogP contribution in [0.3, 0.4) is 0 Å². The topological polar surface area (TPSA) is 102 Å². The zero-order chi connectivity index (χ0) is 18.9. The van der Waals surface area contributed by atoms with Crippen molar-refractivity contribution in [1.29, 1.82) is 0 Å². The van der Waals surface area contributed by atoms with Crippen molar-refractivity contribution in [1.82, 2.24) is 30.4 Å². The molecule has 0 spiro atoms. The maximum atomic E-state index is 12.0. The van der Waals surface area contributed by atoms with E-state index in [4.69, 9.17) is 0 Å². The number of hydrogen-bond donors (Lipinski definition) is 2. The Labute approximate surface area is 157 Å². The van der Waals surface area contributed by atoms with Crippen LogP contribution in [0.2, 0.25) is 0 Å². The Bertz CT molecular complexity index is 734. The highest BCUT2D eigenvalue weighted by molar-refractivity contribution is 7.99. The molecule has 0 aliphatic rings. The number of rotatable bonds is 8. The number of imide groups is 1. The van der Waals surface area contributed by atoms with Gasteiger partial charge in [-0.2, -0.15) is 0 Å². The molecule has 0 fully saturated rings. The SMILES string of the molecule is CCCn1c(SCC(=O)NC(=O)N[C@H](C)CC)nnc1-c1ccncc1. The van der Waals surface area contributed by atoms with E-state index in [1.165, 1.54) is 11.8 Å². The quantitative estimate of drug-likeness (QED) is 0.686. The van der Waals surface area contributed by atoms with E-state index >= 15 is 0 Å². The standard InChI is InChI=1S/C17H24N6O2S/c1-4-10-23-15(13-6-8-18-9-7-13)21-22-17(23)26-11-14(24)20-16(25)19-12(3)5-2/h6-9,12H,4-5,10-11H2,1-3H3,(H2,19,20,24,25)/t12-/m1/s1. The van der Waals surface area contributed by atoms with E-state index in [9.17, 15) is 9.59 Å². The Morgan fingerprint density at radius 1 is 1.23 bits per heavy atom. The van der Waals surface area contributed by atoms with Crippen molar-refractivity contribution < 1.29 is 9.59 Å². The number of amides is 3. The summed E-state index contributed by atoms with van der Waals surface area (Å²) < 4.78 is 1.98. The van der Waals surface area contributed by atoms with Crippen LogP contribution in [-0.2, 0) is 11.3 Å². The van der Waals surface area contributed by atoms with Gasteiger partial charge in [0.2, 0.25) is 5.91 Å². The molecule has 2 rings (SSSR count). The predicted molar refractivity (Wildman–Crippen MR) is 101 cm³/mol. The Hall–Kier alpha value is -2.42. The van der Waals surface area contributed by atoms with Gasteiger partial charge in [0.15, 0.2) is 11.0 Å². The average Bonchev–Trinajstić information content (AvgIpc) is 3.03. The molecule has 140 valence electrons. The minimum Gasteiger partial charge on any atom is -0.335 e. The number of nitrogens with one attached hydrogen (secondary N) is 2. The number of nitrogens with zero attached hydrogens (tertiary/aromatic N) is 4. The summed E-state index contributed by atoms with van der Waals surface area (Å²) >= 11 is 1.26. The maximum absolute atomic E-state index is 12.0. The van der Waals surface area contributed by atoms with Crippen LogP contribution in [0.1, 0.15) is 33.6 Å². The number of thioether (sulfide) groups is 1. The van der Waals surface area contributed by atoms with Crippen LogP contribution >= 0.6 is 11.8 Å². The number of hydrogen-bond acceptors (Lipinski definition) is 6. The van der Waals surface area contributed by atoms with Crippen LogP contribution in [0.4, 0.5) is 4.79 Å². The van der Waals surface area contributed by atoms with Crippen LogP contribution in [0.15, 0.2) is 29.7 Å². The third-order valence-corrected chi connectivity index (χ3v) is 4.64. The second-order valence-electron chi connectivity index (χ2n) is 5.81. The lowest BCUT2D eigenvalue weighted by atomic mass is 10.2. The second kappa shape index (κ2) is 9.91. The summed E-state index contributed by atoms with van der Waals surface area (Å²) in [6.07, 6.45) is 5.12. The highest BCUT2D eigenvalue weighted by Crippen LogP contribution is 2.23. The molecule has 9 heteroatoms. The summed E-state index contributed by atoms with van der Waals surface area (Å²) in [5.74, 6) is 0.463. The molecule has 2 heterocycles. The summed E-state index contributed by atoms with van der Waals surface area (Å²) in [5.41, 5.74) is 0.921. The summed E-state index contributed by atoms with van der Waals surface area (Å²) in [5, 5.41) is 14.1. The maximum Gasteiger partial charge on any atom is 0.321 e. The first-order chi connectivity index (χ1) is 12.5. The monoisotopic (exact) mass is 376 g/mol. The molecular weight excluding hydrogens is 352 g/mol. The summed E-state index contributed by atoms with van der Waals surface area (Å²) in [6.45, 7) is 6.65. The van der Waals surface area contributed by atoms with Gasteiger partial charge in [-0.15, -0.1) is 10.2 Å². The molecule has 3 amide bonds. The normalized spacial score (nSPS) is 11.8. The second-order valence-corrected chi connectivity index (χ2v) is 6.76. The van der Waals surface area contributed by atoms with E-state index < -0.39 is 6.03 Å². The number of aromatic nitrogens is 4. The Balaban J connectivity index is 2.00. The van der Waals surface area contributed by atoms with Crippen molar-refractivity contribution in [2.24, 2.45) is 0 Å². The summed E-state index contributed by atoms with van der Waals surface area (Å²) in [6, 6.07) is 3.29. The lowest BCUT2D eigenvalue weighted by Gasteiger charge is -2.12.